The van der Waals surface area contributed by atoms with Gasteiger partial charge < -0.3 is 4.57 Å². The highest BCUT2D eigenvalue weighted by Gasteiger charge is 2.14. The van der Waals surface area contributed by atoms with E-state index in [9.17, 15) is 0 Å². The molecule has 126 valence electrons. The summed E-state index contributed by atoms with van der Waals surface area (Å²) in [6, 6.07) is 10.8. The Kier molecular flexibility index (Phi) is 4.75. The summed E-state index contributed by atoms with van der Waals surface area (Å²) in [5.74, 6) is 1.22. The van der Waals surface area contributed by atoms with Gasteiger partial charge in [-0.05, 0) is 74.1 Å². The van der Waals surface area contributed by atoms with Gasteiger partial charge in [-0.2, -0.15) is 0 Å². The van der Waals surface area contributed by atoms with Gasteiger partial charge in [-0.3, -0.25) is 0 Å². The van der Waals surface area contributed by atoms with Crippen LogP contribution in [0.15, 0.2) is 30.3 Å². The molecular weight excluding hydrogens is 292 g/mol. The van der Waals surface area contributed by atoms with E-state index in [4.69, 9.17) is 4.98 Å². The zero-order chi connectivity index (χ0) is 17.3. The highest BCUT2D eigenvalue weighted by atomic mass is 15.1. The van der Waals surface area contributed by atoms with Crippen LogP contribution >= 0.6 is 0 Å². The molecule has 0 saturated heterocycles. The summed E-state index contributed by atoms with van der Waals surface area (Å²) in [6.45, 7) is 12.1. The normalized spacial score (nSPS) is 11.4. The van der Waals surface area contributed by atoms with Gasteiger partial charge in [0.25, 0.3) is 0 Å². The average molecular weight is 320 g/mol. The summed E-state index contributed by atoms with van der Waals surface area (Å²) >= 11 is 0. The number of aromatic nitrogens is 2. The zero-order valence-electron chi connectivity index (χ0n) is 15.6. The van der Waals surface area contributed by atoms with Gasteiger partial charge in [-0.15, -0.1) is 0 Å². The van der Waals surface area contributed by atoms with Crippen molar-refractivity contribution in [2.45, 2.75) is 60.4 Å². The first kappa shape index (κ1) is 16.8. The second kappa shape index (κ2) is 6.80. The zero-order valence-corrected chi connectivity index (χ0v) is 15.6. The predicted molar refractivity (Wildman–Crippen MR) is 103 cm³/mol. The van der Waals surface area contributed by atoms with Crippen LogP contribution in [0.1, 0.15) is 53.4 Å². The van der Waals surface area contributed by atoms with E-state index in [2.05, 4.69) is 69.5 Å². The van der Waals surface area contributed by atoms with Crippen molar-refractivity contribution in [2.75, 3.05) is 0 Å². The Morgan fingerprint density at radius 3 is 2.29 bits per heavy atom. The number of hydrogen-bond donors (Lipinski definition) is 0. The highest BCUT2D eigenvalue weighted by Crippen LogP contribution is 2.26. The summed E-state index contributed by atoms with van der Waals surface area (Å²) in [7, 11) is 0. The van der Waals surface area contributed by atoms with Gasteiger partial charge in [0.15, 0.2) is 0 Å². The topological polar surface area (TPSA) is 17.8 Å². The van der Waals surface area contributed by atoms with Gasteiger partial charge in [0, 0.05) is 13.0 Å². The Labute approximate surface area is 145 Å². The van der Waals surface area contributed by atoms with Crippen LogP contribution < -0.4 is 0 Å². The van der Waals surface area contributed by atoms with Crippen molar-refractivity contribution < 1.29 is 0 Å². The maximum absolute atomic E-state index is 4.91. The molecule has 2 aromatic carbocycles. The van der Waals surface area contributed by atoms with E-state index in [1.807, 2.05) is 0 Å². The highest BCUT2D eigenvalue weighted by molar-refractivity contribution is 5.76. The van der Waals surface area contributed by atoms with Crippen LogP contribution in [0.4, 0.5) is 0 Å². The van der Waals surface area contributed by atoms with E-state index in [0.717, 1.165) is 18.5 Å². The van der Waals surface area contributed by atoms with Crippen molar-refractivity contribution in [3.63, 3.8) is 0 Å². The maximum Gasteiger partial charge on any atom is 0.110 e. The van der Waals surface area contributed by atoms with Crippen LogP contribution in [0.2, 0.25) is 0 Å². The largest absolute Gasteiger partial charge is 0.323 e. The molecule has 3 rings (SSSR count). The average Bonchev–Trinajstić information content (AvgIpc) is 2.92. The number of hydrogen-bond acceptors (Lipinski definition) is 1. The van der Waals surface area contributed by atoms with Crippen LogP contribution in [-0.4, -0.2) is 9.55 Å². The summed E-state index contributed by atoms with van der Waals surface area (Å²) < 4.78 is 2.43. The lowest BCUT2D eigenvalue weighted by atomic mass is 9.94. The van der Waals surface area contributed by atoms with Gasteiger partial charge in [-0.1, -0.05) is 31.5 Å². The number of aryl methyl sites for hydroxylation is 3. The van der Waals surface area contributed by atoms with Crippen LogP contribution in [-0.2, 0) is 13.0 Å². The Hall–Kier alpha value is -2.09. The first-order valence-electron chi connectivity index (χ1n) is 9.03. The number of nitrogens with zero attached hydrogens (tertiary/aromatic N) is 2. The van der Waals surface area contributed by atoms with Crippen molar-refractivity contribution >= 4 is 11.0 Å². The Balaban J connectivity index is 2.13. The molecule has 24 heavy (non-hydrogen) atoms. The third kappa shape index (κ3) is 2.98. The number of fused-ring (bicyclic) bond motifs is 1. The lowest BCUT2D eigenvalue weighted by Crippen LogP contribution is -2.09. The van der Waals surface area contributed by atoms with E-state index in [-0.39, 0.29) is 0 Å². The summed E-state index contributed by atoms with van der Waals surface area (Å²) in [6.07, 6.45) is 3.44. The summed E-state index contributed by atoms with van der Waals surface area (Å²) in [5, 5.41) is 0. The fourth-order valence-electron chi connectivity index (χ4n) is 3.52. The second-order valence-corrected chi connectivity index (χ2v) is 6.95. The minimum Gasteiger partial charge on any atom is -0.323 e. The first-order valence-corrected chi connectivity index (χ1v) is 9.03. The standard InChI is InChI=1S/C22H28N2/c1-6-7-12-22-23-20-10-8-9-11-21(20)24(22)14-19-17(4)15(2)13-16(3)18(19)5/h8-11,13H,6-7,12,14H2,1-5H3. The van der Waals surface area contributed by atoms with Gasteiger partial charge in [0.2, 0.25) is 0 Å². The monoisotopic (exact) mass is 320 g/mol. The summed E-state index contributed by atoms with van der Waals surface area (Å²) in [4.78, 5) is 4.91. The number of imidazole rings is 1. The molecule has 0 aliphatic heterocycles. The SMILES string of the molecule is CCCCc1nc2ccccc2n1Cc1c(C)c(C)cc(C)c1C. The molecule has 1 heterocycles. The van der Waals surface area contributed by atoms with Crippen LogP contribution in [0.3, 0.4) is 0 Å². The fraction of sp³-hybridized carbons (Fsp3) is 0.409. The molecule has 0 aliphatic rings. The van der Waals surface area contributed by atoms with Gasteiger partial charge in [-0.25, -0.2) is 4.98 Å². The molecule has 0 bridgehead atoms. The fourth-order valence-corrected chi connectivity index (χ4v) is 3.52. The number of rotatable bonds is 5. The quantitative estimate of drug-likeness (QED) is 0.593. The van der Waals surface area contributed by atoms with Crippen molar-refractivity contribution in [3.05, 3.63) is 64.0 Å². The maximum atomic E-state index is 4.91. The molecule has 0 saturated carbocycles. The lowest BCUT2D eigenvalue weighted by molar-refractivity contribution is 0.686. The lowest BCUT2D eigenvalue weighted by Gasteiger charge is -2.18. The Morgan fingerprint density at radius 1 is 0.958 bits per heavy atom. The van der Waals surface area contributed by atoms with E-state index < -0.39 is 0 Å². The molecule has 3 aromatic rings. The number of unbranched alkanes of at least 4 members (excludes halogenated alkanes) is 1. The van der Waals surface area contributed by atoms with Gasteiger partial charge in [0.05, 0.1) is 11.0 Å². The third-order valence-electron chi connectivity index (χ3n) is 5.33. The molecule has 1 aromatic heterocycles. The number of benzene rings is 2. The smallest absolute Gasteiger partial charge is 0.110 e. The molecule has 0 fully saturated rings. The minimum absolute atomic E-state index is 0.916. The predicted octanol–water partition coefficient (Wildman–Crippen LogP) is 5.66. The van der Waals surface area contributed by atoms with Crippen molar-refractivity contribution in [3.8, 4) is 0 Å². The van der Waals surface area contributed by atoms with E-state index in [1.54, 1.807) is 0 Å². The Morgan fingerprint density at radius 2 is 1.62 bits per heavy atom. The van der Waals surface area contributed by atoms with Gasteiger partial charge in [0.1, 0.15) is 5.82 Å². The molecule has 0 aliphatic carbocycles. The second-order valence-electron chi connectivity index (χ2n) is 6.95. The molecule has 0 atom stereocenters. The minimum atomic E-state index is 0.916. The van der Waals surface area contributed by atoms with Crippen LogP contribution in [0, 0.1) is 27.7 Å². The van der Waals surface area contributed by atoms with Crippen molar-refractivity contribution in [2.24, 2.45) is 0 Å². The van der Waals surface area contributed by atoms with Crippen molar-refractivity contribution in [1.82, 2.24) is 9.55 Å². The molecule has 0 amide bonds. The molecule has 0 N–H and O–H groups in total. The molecule has 2 heteroatoms. The molecule has 0 spiro atoms. The number of para-hydroxylation sites is 2. The summed E-state index contributed by atoms with van der Waals surface area (Å²) in [5.41, 5.74) is 9.41. The van der Waals surface area contributed by atoms with Gasteiger partial charge >= 0.3 is 0 Å². The molecular formula is C22H28N2. The van der Waals surface area contributed by atoms with E-state index in [1.165, 1.54) is 52.0 Å². The molecule has 0 unspecified atom stereocenters. The van der Waals surface area contributed by atoms with Crippen LogP contribution in [0.25, 0.3) is 11.0 Å². The Bertz CT molecular complexity index is 845. The van der Waals surface area contributed by atoms with Crippen LogP contribution in [0.5, 0.6) is 0 Å². The van der Waals surface area contributed by atoms with E-state index >= 15 is 0 Å². The van der Waals surface area contributed by atoms with E-state index in [0.29, 0.717) is 0 Å². The van der Waals surface area contributed by atoms with Crippen molar-refractivity contribution in [1.29, 1.82) is 0 Å². The molecule has 2 nitrogen and oxygen atoms in total. The third-order valence-corrected chi connectivity index (χ3v) is 5.33. The first-order chi connectivity index (χ1) is 11.5. The molecule has 0 radical (unpaired) electrons.